The predicted octanol–water partition coefficient (Wildman–Crippen LogP) is 5.40. The highest BCUT2D eigenvalue weighted by molar-refractivity contribution is 6.31. The summed E-state index contributed by atoms with van der Waals surface area (Å²) in [6, 6.07) is 17.2. The Morgan fingerprint density at radius 2 is 1.83 bits per heavy atom. The molecule has 0 saturated carbocycles. The van der Waals surface area contributed by atoms with Gasteiger partial charge in [0, 0.05) is 41.1 Å². The van der Waals surface area contributed by atoms with E-state index in [0.717, 1.165) is 48.8 Å². The van der Waals surface area contributed by atoms with Crippen LogP contribution in [-0.4, -0.2) is 32.2 Å². The molecule has 4 rings (SSSR count). The van der Waals surface area contributed by atoms with Gasteiger partial charge in [-0.05, 0) is 61.0 Å². The Bertz CT molecular complexity index is 1050. The van der Waals surface area contributed by atoms with Gasteiger partial charge in [-0.3, -0.25) is 4.79 Å². The number of nitrogens with one attached hydrogen (secondary N) is 1. The fourth-order valence-corrected chi connectivity index (χ4v) is 3.55. The fourth-order valence-electron chi connectivity index (χ4n) is 3.38. The van der Waals surface area contributed by atoms with Crippen LogP contribution in [0.3, 0.4) is 0 Å². The molecular weight excluding hydrogens is 400 g/mol. The van der Waals surface area contributed by atoms with E-state index >= 15 is 0 Å². The third-order valence-corrected chi connectivity index (χ3v) is 5.48. The number of benzene rings is 2. The topological polar surface area (TPSA) is 54.7 Å². The normalized spacial score (nSPS) is 14.3. The minimum Gasteiger partial charge on any atom is -0.457 e. The van der Waals surface area contributed by atoms with Gasteiger partial charge >= 0.3 is 0 Å². The lowest BCUT2D eigenvalue weighted by molar-refractivity contribution is -0.111. The molecular formula is C24H23ClN2O3. The summed E-state index contributed by atoms with van der Waals surface area (Å²) in [5, 5.41) is 3.56. The Morgan fingerprint density at radius 1 is 1.07 bits per heavy atom. The van der Waals surface area contributed by atoms with Crippen LogP contribution in [-0.2, 0) is 9.53 Å². The first kappa shape index (κ1) is 20.3. The maximum absolute atomic E-state index is 12.3. The highest BCUT2D eigenvalue weighted by Gasteiger charge is 2.11. The molecule has 30 heavy (non-hydrogen) atoms. The van der Waals surface area contributed by atoms with Crippen LogP contribution in [0, 0.1) is 6.92 Å². The predicted molar refractivity (Wildman–Crippen MR) is 121 cm³/mol. The van der Waals surface area contributed by atoms with Crippen LogP contribution >= 0.6 is 11.6 Å². The summed E-state index contributed by atoms with van der Waals surface area (Å²) in [5.74, 6) is 1.10. The number of hydrogen-bond donors (Lipinski definition) is 1. The number of nitrogens with zero attached hydrogens (tertiary/aromatic N) is 1. The zero-order chi connectivity index (χ0) is 20.9. The van der Waals surface area contributed by atoms with Crippen molar-refractivity contribution in [2.24, 2.45) is 0 Å². The van der Waals surface area contributed by atoms with Crippen molar-refractivity contribution in [3.63, 3.8) is 0 Å². The number of carbonyl (C=O) groups excluding carboxylic acids is 1. The van der Waals surface area contributed by atoms with Crippen molar-refractivity contribution in [2.45, 2.75) is 6.92 Å². The molecule has 1 N–H and O–H groups in total. The van der Waals surface area contributed by atoms with Crippen molar-refractivity contribution in [1.29, 1.82) is 0 Å². The zero-order valence-corrected chi connectivity index (χ0v) is 17.5. The highest BCUT2D eigenvalue weighted by Crippen LogP contribution is 2.30. The van der Waals surface area contributed by atoms with Gasteiger partial charge in [0.15, 0.2) is 0 Å². The molecule has 0 bridgehead atoms. The van der Waals surface area contributed by atoms with Gasteiger partial charge in [0.05, 0.1) is 13.2 Å². The van der Waals surface area contributed by atoms with Crippen molar-refractivity contribution in [3.8, 4) is 11.3 Å². The van der Waals surface area contributed by atoms with Crippen molar-refractivity contribution < 1.29 is 13.9 Å². The minimum atomic E-state index is -0.217. The number of amides is 1. The number of carbonyl (C=O) groups is 1. The van der Waals surface area contributed by atoms with Crippen molar-refractivity contribution in [3.05, 3.63) is 77.0 Å². The van der Waals surface area contributed by atoms with Gasteiger partial charge in [0.2, 0.25) is 5.91 Å². The SMILES string of the molecule is Cc1c(Cl)cccc1-c1ccc(/C=C/C(=O)Nc2ccc(N3CCOCC3)cc2)o1. The molecule has 1 saturated heterocycles. The van der Waals surface area contributed by atoms with Gasteiger partial charge in [0.1, 0.15) is 11.5 Å². The van der Waals surface area contributed by atoms with E-state index in [1.54, 1.807) is 6.08 Å². The van der Waals surface area contributed by atoms with E-state index in [-0.39, 0.29) is 5.91 Å². The van der Waals surface area contributed by atoms with Gasteiger partial charge in [-0.25, -0.2) is 0 Å². The lowest BCUT2D eigenvalue weighted by Crippen LogP contribution is -2.36. The lowest BCUT2D eigenvalue weighted by Gasteiger charge is -2.28. The van der Waals surface area contributed by atoms with Crippen LogP contribution in [0.1, 0.15) is 11.3 Å². The number of morpholine rings is 1. The molecule has 3 aromatic rings. The number of ether oxygens (including phenoxy) is 1. The molecule has 0 spiro atoms. The number of rotatable bonds is 5. The second kappa shape index (κ2) is 9.20. The molecule has 0 unspecified atom stereocenters. The first-order chi connectivity index (χ1) is 14.6. The molecule has 0 radical (unpaired) electrons. The smallest absolute Gasteiger partial charge is 0.248 e. The summed E-state index contributed by atoms with van der Waals surface area (Å²) in [6.45, 7) is 5.21. The van der Waals surface area contributed by atoms with E-state index in [4.69, 9.17) is 20.8 Å². The number of hydrogen-bond acceptors (Lipinski definition) is 4. The zero-order valence-electron chi connectivity index (χ0n) is 16.7. The van der Waals surface area contributed by atoms with E-state index in [9.17, 15) is 4.79 Å². The lowest BCUT2D eigenvalue weighted by atomic mass is 10.1. The molecule has 0 atom stereocenters. The average molecular weight is 423 g/mol. The van der Waals surface area contributed by atoms with Crippen molar-refractivity contribution in [1.82, 2.24) is 0 Å². The first-order valence-corrected chi connectivity index (χ1v) is 10.2. The molecule has 1 aliphatic rings. The van der Waals surface area contributed by atoms with Crippen LogP contribution in [0.15, 0.2) is 65.1 Å². The summed E-state index contributed by atoms with van der Waals surface area (Å²) in [4.78, 5) is 14.5. The molecule has 2 heterocycles. The van der Waals surface area contributed by atoms with Gasteiger partial charge < -0.3 is 19.4 Å². The standard InChI is InChI=1S/C24H23ClN2O3/c1-17-21(3-2-4-22(17)25)23-11-9-20(30-23)10-12-24(28)26-18-5-7-19(8-6-18)27-13-15-29-16-14-27/h2-12H,13-16H2,1H3,(H,26,28)/b12-10+. The molecule has 6 heteroatoms. The minimum absolute atomic E-state index is 0.217. The third kappa shape index (κ3) is 4.75. The number of furan rings is 1. The Labute approximate surface area is 180 Å². The molecule has 1 fully saturated rings. The van der Waals surface area contributed by atoms with Crippen molar-refractivity contribution in [2.75, 3.05) is 36.5 Å². The Hall–Kier alpha value is -3.02. The molecule has 1 aliphatic heterocycles. The van der Waals surface area contributed by atoms with Gasteiger partial charge in [-0.1, -0.05) is 23.7 Å². The highest BCUT2D eigenvalue weighted by atomic mass is 35.5. The molecule has 0 aliphatic carbocycles. The Kier molecular flexibility index (Phi) is 6.21. The van der Waals surface area contributed by atoms with Crippen LogP contribution < -0.4 is 10.2 Å². The molecule has 2 aromatic carbocycles. The van der Waals surface area contributed by atoms with Crippen LogP contribution in [0.4, 0.5) is 11.4 Å². The largest absolute Gasteiger partial charge is 0.457 e. The summed E-state index contributed by atoms with van der Waals surface area (Å²) in [7, 11) is 0. The van der Waals surface area contributed by atoms with Gasteiger partial charge in [-0.2, -0.15) is 0 Å². The molecule has 1 aromatic heterocycles. The second-order valence-electron chi connectivity index (χ2n) is 7.08. The second-order valence-corrected chi connectivity index (χ2v) is 7.49. The maximum Gasteiger partial charge on any atom is 0.248 e. The van der Waals surface area contributed by atoms with Gasteiger partial charge in [-0.15, -0.1) is 0 Å². The number of halogens is 1. The monoisotopic (exact) mass is 422 g/mol. The summed E-state index contributed by atoms with van der Waals surface area (Å²) in [5.41, 5.74) is 3.77. The first-order valence-electron chi connectivity index (χ1n) is 9.87. The van der Waals surface area contributed by atoms with Crippen LogP contribution in [0.5, 0.6) is 0 Å². The van der Waals surface area contributed by atoms with E-state index in [2.05, 4.69) is 10.2 Å². The quantitative estimate of drug-likeness (QED) is 0.559. The van der Waals surface area contributed by atoms with Crippen molar-refractivity contribution >= 4 is 35.0 Å². The summed E-state index contributed by atoms with van der Waals surface area (Å²) >= 11 is 6.19. The number of anilines is 2. The maximum atomic E-state index is 12.3. The average Bonchev–Trinajstić information content (AvgIpc) is 3.24. The van der Waals surface area contributed by atoms with Crippen LogP contribution in [0.2, 0.25) is 5.02 Å². The summed E-state index contributed by atoms with van der Waals surface area (Å²) < 4.78 is 11.2. The van der Waals surface area contributed by atoms with E-state index in [1.165, 1.54) is 6.08 Å². The Morgan fingerprint density at radius 3 is 2.60 bits per heavy atom. The summed E-state index contributed by atoms with van der Waals surface area (Å²) in [6.07, 6.45) is 3.12. The van der Waals surface area contributed by atoms with E-state index in [1.807, 2.05) is 61.5 Å². The fraction of sp³-hybridized carbons (Fsp3) is 0.208. The third-order valence-electron chi connectivity index (χ3n) is 5.07. The Balaban J connectivity index is 1.37. The van der Waals surface area contributed by atoms with Crippen LogP contribution in [0.25, 0.3) is 17.4 Å². The van der Waals surface area contributed by atoms with E-state index in [0.29, 0.717) is 16.5 Å². The molecule has 5 nitrogen and oxygen atoms in total. The molecule has 1 amide bonds. The van der Waals surface area contributed by atoms with Gasteiger partial charge in [0.25, 0.3) is 0 Å². The molecule has 154 valence electrons. The van der Waals surface area contributed by atoms with E-state index < -0.39 is 0 Å².